The average molecular weight is 545 g/mol. The van der Waals surface area contributed by atoms with Gasteiger partial charge in [0.15, 0.2) is 0 Å². The molecule has 3 rings (SSSR count). The Kier molecular flexibility index (Phi) is 11.7. The van der Waals surface area contributed by atoms with Gasteiger partial charge in [-0.05, 0) is 61.7 Å². The number of hydrogen-bond acceptors (Lipinski definition) is 7. The molecule has 37 heavy (non-hydrogen) atoms. The van der Waals surface area contributed by atoms with Crippen molar-refractivity contribution in [1.82, 2.24) is 9.97 Å². The fourth-order valence-corrected chi connectivity index (χ4v) is 4.94. The van der Waals surface area contributed by atoms with Crippen LogP contribution in [0.25, 0.3) is 0 Å². The van der Waals surface area contributed by atoms with Gasteiger partial charge in [0, 0.05) is 30.7 Å². The predicted molar refractivity (Wildman–Crippen MR) is 147 cm³/mol. The quantitative estimate of drug-likeness (QED) is 0.333. The molecule has 0 saturated heterocycles. The maximum Gasteiger partial charge on any atom is 0.263 e. The standard InChI is InChI=1S/C17H19ClN2O3S.C10H14N2O/c1-3-6-14(21)11-13-7-4-10-17(19-13)20-24(22,23)16-9-5-8-15(18)12(16)2;1-2-4-9(13)7-8-5-3-6-10(11)12-8/h4-5,7-10H,3,6,11H2,1-2H3,(H,19,20);3,5-6H,2,4,7H2,1H3,(H2,11,12). The highest BCUT2D eigenvalue weighted by Crippen LogP contribution is 2.24. The molecule has 3 N–H and O–H groups in total. The molecule has 0 aliphatic carbocycles. The van der Waals surface area contributed by atoms with Crippen LogP contribution < -0.4 is 10.5 Å². The number of carbonyl (C=O) groups excluding carboxylic acids is 2. The van der Waals surface area contributed by atoms with Gasteiger partial charge in [-0.1, -0.05) is 43.6 Å². The third-order valence-electron chi connectivity index (χ3n) is 5.20. The van der Waals surface area contributed by atoms with Crippen LogP contribution in [0.4, 0.5) is 11.6 Å². The number of aromatic nitrogens is 2. The topological polar surface area (TPSA) is 132 Å². The number of benzene rings is 1. The number of halogens is 1. The zero-order valence-electron chi connectivity index (χ0n) is 21.3. The van der Waals surface area contributed by atoms with Crippen molar-refractivity contribution >= 4 is 44.8 Å². The Morgan fingerprint density at radius 1 is 0.865 bits per heavy atom. The molecule has 0 unspecified atom stereocenters. The van der Waals surface area contributed by atoms with Crippen LogP contribution in [-0.2, 0) is 32.5 Å². The normalized spacial score (nSPS) is 10.8. The van der Waals surface area contributed by atoms with E-state index in [1.807, 2.05) is 26.0 Å². The van der Waals surface area contributed by atoms with Crippen LogP contribution in [0.15, 0.2) is 59.5 Å². The summed E-state index contributed by atoms with van der Waals surface area (Å²) in [6.45, 7) is 5.57. The minimum Gasteiger partial charge on any atom is -0.384 e. The summed E-state index contributed by atoms with van der Waals surface area (Å²) >= 11 is 5.99. The van der Waals surface area contributed by atoms with Crippen molar-refractivity contribution in [2.75, 3.05) is 10.5 Å². The van der Waals surface area contributed by atoms with Crippen molar-refractivity contribution in [3.63, 3.8) is 0 Å². The number of nitrogen functional groups attached to an aromatic ring is 1. The Labute approximate surface area is 223 Å². The number of carbonyl (C=O) groups is 2. The molecular formula is C27H33ClN4O4S. The number of anilines is 2. The van der Waals surface area contributed by atoms with Gasteiger partial charge in [-0.2, -0.15) is 0 Å². The number of nitrogens with zero attached hydrogens (tertiary/aromatic N) is 2. The van der Waals surface area contributed by atoms with Crippen molar-refractivity contribution < 1.29 is 18.0 Å². The first kappa shape index (κ1) is 29.9. The molecule has 0 atom stereocenters. The van der Waals surface area contributed by atoms with Crippen LogP contribution in [0.1, 0.15) is 56.5 Å². The second-order valence-electron chi connectivity index (χ2n) is 8.47. The van der Waals surface area contributed by atoms with Gasteiger partial charge in [-0.3, -0.25) is 14.3 Å². The van der Waals surface area contributed by atoms with E-state index < -0.39 is 10.0 Å². The van der Waals surface area contributed by atoms with E-state index in [-0.39, 0.29) is 28.7 Å². The largest absolute Gasteiger partial charge is 0.384 e. The average Bonchev–Trinajstić information content (AvgIpc) is 2.81. The number of pyridine rings is 2. The minimum absolute atomic E-state index is 0.0793. The third kappa shape index (κ3) is 9.93. The maximum absolute atomic E-state index is 12.5. The maximum atomic E-state index is 12.5. The van der Waals surface area contributed by atoms with Crippen molar-refractivity contribution in [2.45, 2.75) is 64.2 Å². The Morgan fingerprint density at radius 2 is 1.41 bits per heavy atom. The molecule has 0 fully saturated rings. The molecule has 3 aromatic rings. The van der Waals surface area contributed by atoms with E-state index in [0.717, 1.165) is 18.5 Å². The molecule has 198 valence electrons. The zero-order chi connectivity index (χ0) is 27.4. The van der Waals surface area contributed by atoms with E-state index in [0.29, 0.717) is 41.4 Å². The first-order valence-electron chi connectivity index (χ1n) is 12.0. The summed E-state index contributed by atoms with van der Waals surface area (Å²) in [4.78, 5) is 31.3. The molecule has 0 aliphatic rings. The van der Waals surface area contributed by atoms with Gasteiger partial charge in [0.2, 0.25) is 0 Å². The van der Waals surface area contributed by atoms with Gasteiger partial charge in [0.1, 0.15) is 23.2 Å². The second kappa shape index (κ2) is 14.4. The summed E-state index contributed by atoms with van der Waals surface area (Å²) < 4.78 is 27.5. The lowest BCUT2D eigenvalue weighted by Crippen LogP contribution is -2.16. The molecule has 0 saturated carbocycles. The summed E-state index contributed by atoms with van der Waals surface area (Å²) in [6.07, 6.45) is 3.37. The van der Waals surface area contributed by atoms with Gasteiger partial charge in [0.05, 0.1) is 16.3 Å². The molecule has 2 heterocycles. The highest BCUT2D eigenvalue weighted by molar-refractivity contribution is 7.92. The molecule has 8 nitrogen and oxygen atoms in total. The van der Waals surface area contributed by atoms with Gasteiger partial charge in [-0.15, -0.1) is 0 Å². The predicted octanol–water partition coefficient (Wildman–Crippen LogP) is 5.33. The highest BCUT2D eigenvalue weighted by atomic mass is 35.5. The van der Waals surface area contributed by atoms with E-state index in [2.05, 4.69) is 14.7 Å². The van der Waals surface area contributed by atoms with Crippen molar-refractivity contribution in [2.24, 2.45) is 0 Å². The Hall–Kier alpha value is -3.30. The van der Waals surface area contributed by atoms with Crippen LogP contribution in [0.2, 0.25) is 5.02 Å². The number of ketones is 2. The Bertz CT molecular complexity index is 1330. The lowest BCUT2D eigenvalue weighted by atomic mass is 10.1. The van der Waals surface area contributed by atoms with Crippen molar-refractivity contribution in [1.29, 1.82) is 0 Å². The lowest BCUT2D eigenvalue weighted by molar-refractivity contribution is -0.119. The number of rotatable bonds is 11. The number of sulfonamides is 1. The SMILES string of the molecule is CCCC(=O)Cc1cccc(N)n1.CCCC(=O)Cc1cccc(NS(=O)(=O)c2cccc(Cl)c2C)n1. The molecular weight excluding hydrogens is 512 g/mol. The summed E-state index contributed by atoms with van der Waals surface area (Å²) in [5.74, 6) is 0.953. The van der Waals surface area contributed by atoms with E-state index in [9.17, 15) is 18.0 Å². The molecule has 0 bridgehead atoms. The van der Waals surface area contributed by atoms with Crippen LogP contribution in [0, 0.1) is 6.92 Å². The fraction of sp³-hybridized carbons (Fsp3) is 0.333. The molecule has 2 aromatic heterocycles. The summed E-state index contributed by atoms with van der Waals surface area (Å²) in [5.41, 5.74) is 7.26. The monoisotopic (exact) mass is 544 g/mol. The van der Waals surface area contributed by atoms with E-state index in [1.54, 1.807) is 43.3 Å². The van der Waals surface area contributed by atoms with Crippen molar-refractivity contribution in [3.05, 3.63) is 76.6 Å². The molecule has 0 amide bonds. The summed E-state index contributed by atoms with van der Waals surface area (Å²) in [6, 6.07) is 15.0. The van der Waals surface area contributed by atoms with Gasteiger partial charge < -0.3 is 5.73 Å². The highest BCUT2D eigenvalue weighted by Gasteiger charge is 2.19. The van der Waals surface area contributed by atoms with Gasteiger partial charge in [-0.25, -0.2) is 18.4 Å². The number of nitrogens with one attached hydrogen (secondary N) is 1. The van der Waals surface area contributed by atoms with Gasteiger partial charge in [0.25, 0.3) is 10.0 Å². The molecule has 0 radical (unpaired) electrons. The molecule has 10 heteroatoms. The summed E-state index contributed by atoms with van der Waals surface area (Å²) in [7, 11) is -3.80. The Balaban J connectivity index is 0.000000312. The molecule has 1 aromatic carbocycles. The minimum atomic E-state index is -3.80. The first-order valence-corrected chi connectivity index (χ1v) is 13.9. The third-order valence-corrected chi connectivity index (χ3v) is 7.10. The number of hydrogen-bond donors (Lipinski definition) is 2. The smallest absolute Gasteiger partial charge is 0.263 e. The lowest BCUT2D eigenvalue weighted by Gasteiger charge is -2.11. The van der Waals surface area contributed by atoms with E-state index in [1.165, 1.54) is 6.07 Å². The zero-order valence-corrected chi connectivity index (χ0v) is 22.9. The first-order chi connectivity index (χ1) is 17.6. The fourth-order valence-electron chi connectivity index (χ4n) is 3.44. The molecule has 0 aliphatic heterocycles. The van der Waals surface area contributed by atoms with Crippen LogP contribution >= 0.6 is 11.6 Å². The molecule has 0 spiro atoms. The van der Waals surface area contributed by atoms with Crippen LogP contribution in [0.5, 0.6) is 0 Å². The number of nitrogens with two attached hydrogens (primary N) is 1. The second-order valence-corrected chi connectivity index (χ2v) is 10.5. The Morgan fingerprint density at radius 3 is 1.97 bits per heavy atom. The van der Waals surface area contributed by atoms with Gasteiger partial charge >= 0.3 is 0 Å². The van der Waals surface area contributed by atoms with E-state index in [4.69, 9.17) is 17.3 Å². The summed E-state index contributed by atoms with van der Waals surface area (Å²) in [5, 5.41) is 0.379. The van der Waals surface area contributed by atoms with E-state index >= 15 is 0 Å². The van der Waals surface area contributed by atoms with Crippen molar-refractivity contribution in [3.8, 4) is 0 Å². The van der Waals surface area contributed by atoms with Crippen LogP contribution in [0.3, 0.4) is 0 Å². The number of Topliss-reactive ketones (excluding diaryl/α,β-unsaturated/α-hetero) is 2. The van der Waals surface area contributed by atoms with Crippen LogP contribution in [-0.4, -0.2) is 30.0 Å².